The summed E-state index contributed by atoms with van der Waals surface area (Å²) in [6.45, 7) is 5.68. The molecule has 3 heteroatoms. The number of aryl methyl sites for hydroxylation is 1. The van der Waals surface area contributed by atoms with Crippen LogP contribution in [0.5, 0.6) is 0 Å². The van der Waals surface area contributed by atoms with Gasteiger partial charge in [-0.05, 0) is 26.0 Å². The van der Waals surface area contributed by atoms with Gasteiger partial charge in [0.1, 0.15) is 0 Å². The average molecular weight is 194 g/mol. The molecule has 13 heavy (non-hydrogen) atoms. The zero-order chi connectivity index (χ0) is 9.68. The quantitative estimate of drug-likeness (QED) is 0.798. The molecule has 2 nitrogen and oxygen atoms in total. The van der Waals surface area contributed by atoms with Gasteiger partial charge in [0.15, 0.2) is 0 Å². The summed E-state index contributed by atoms with van der Waals surface area (Å²) in [5.41, 5.74) is 0. The van der Waals surface area contributed by atoms with Gasteiger partial charge < -0.3 is 5.32 Å². The summed E-state index contributed by atoms with van der Waals surface area (Å²) in [4.78, 5) is 2.67. The fourth-order valence-corrected chi connectivity index (χ4v) is 1.90. The second-order valence-corrected chi connectivity index (χ2v) is 4.55. The molecule has 0 fully saturated rings. The van der Waals surface area contributed by atoms with Crippen molar-refractivity contribution in [3.8, 4) is 6.07 Å². The molecule has 0 aliphatic rings. The van der Waals surface area contributed by atoms with Gasteiger partial charge in [0, 0.05) is 22.8 Å². The van der Waals surface area contributed by atoms with Crippen LogP contribution < -0.4 is 5.32 Å². The molecular weight excluding hydrogens is 180 g/mol. The van der Waals surface area contributed by atoms with Gasteiger partial charge in [-0.3, -0.25) is 0 Å². The highest BCUT2D eigenvalue weighted by atomic mass is 32.1. The third-order valence-corrected chi connectivity index (χ3v) is 2.77. The number of nitrogens with zero attached hydrogens (tertiary/aromatic N) is 1. The minimum atomic E-state index is 0.0982. The van der Waals surface area contributed by atoms with Gasteiger partial charge in [0.25, 0.3) is 0 Å². The number of rotatable bonds is 4. The Labute approximate surface area is 83.2 Å². The van der Waals surface area contributed by atoms with Gasteiger partial charge >= 0.3 is 0 Å². The standard InChI is InChI=1S/C10H14N2S/c1-8(5-11)6-12-7-10-4-3-9(2)13-10/h3-4,8,12H,6-7H2,1-2H3. The van der Waals surface area contributed by atoms with E-state index in [4.69, 9.17) is 5.26 Å². The fraction of sp³-hybridized carbons (Fsp3) is 0.500. The first-order valence-corrected chi connectivity index (χ1v) is 5.19. The number of thiophene rings is 1. The minimum Gasteiger partial charge on any atom is -0.311 e. The SMILES string of the molecule is Cc1ccc(CNCC(C)C#N)s1. The van der Waals surface area contributed by atoms with Crippen molar-refractivity contribution in [3.63, 3.8) is 0 Å². The zero-order valence-electron chi connectivity index (χ0n) is 8.00. The minimum absolute atomic E-state index is 0.0982. The molecular formula is C10H14N2S. The van der Waals surface area contributed by atoms with Crippen LogP contribution >= 0.6 is 11.3 Å². The molecule has 1 aromatic rings. The number of nitrogens with one attached hydrogen (secondary N) is 1. The third-order valence-electron chi connectivity index (χ3n) is 1.77. The van der Waals surface area contributed by atoms with E-state index in [1.165, 1.54) is 9.75 Å². The fourth-order valence-electron chi connectivity index (χ4n) is 1.04. The lowest BCUT2D eigenvalue weighted by molar-refractivity contribution is 0.605. The number of nitriles is 1. The van der Waals surface area contributed by atoms with E-state index in [0.717, 1.165) is 13.1 Å². The molecule has 0 aromatic carbocycles. The molecule has 1 heterocycles. The molecule has 70 valence electrons. The molecule has 0 radical (unpaired) electrons. The topological polar surface area (TPSA) is 35.8 Å². The Morgan fingerprint density at radius 3 is 2.92 bits per heavy atom. The molecule has 1 unspecified atom stereocenters. The summed E-state index contributed by atoms with van der Waals surface area (Å²) in [5.74, 6) is 0.0982. The van der Waals surface area contributed by atoms with Crippen LogP contribution in [-0.4, -0.2) is 6.54 Å². The lowest BCUT2D eigenvalue weighted by atomic mass is 10.2. The smallest absolute Gasteiger partial charge is 0.0666 e. The maximum Gasteiger partial charge on any atom is 0.0666 e. The molecule has 1 atom stereocenters. The molecule has 0 bridgehead atoms. The third kappa shape index (κ3) is 3.58. The van der Waals surface area contributed by atoms with Crippen LogP contribution in [0.25, 0.3) is 0 Å². The van der Waals surface area contributed by atoms with Crippen LogP contribution in [0.4, 0.5) is 0 Å². The maximum absolute atomic E-state index is 8.55. The van der Waals surface area contributed by atoms with Gasteiger partial charge in [-0.15, -0.1) is 11.3 Å². The van der Waals surface area contributed by atoms with Crippen LogP contribution in [-0.2, 0) is 6.54 Å². The predicted molar refractivity (Wildman–Crippen MR) is 55.5 cm³/mol. The van der Waals surface area contributed by atoms with Crippen molar-refractivity contribution in [2.75, 3.05) is 6.54 Å². The molecule has 0 saturated heterocycles. The van der Waals surface area contributed by atoms with Crippen molar-refractivity contribution in [3.05, 3.63) is 21.9 Å². The van der Waals surface area contributed by atoms with Crippen LogP contribution in [0.1, 0.15) is 16.7 Å². The van der Waals surface area contributed by atoms with Crippen LogP contribution in [0.2, 0.25) is 0 Å². The van der Waals surface area contributed by atoms with Gasteiger partial charge in [-0.25, -0.2) is 0 Å². The first-order chi connectivity index (χ1) is 6.22. The van der Waals surface area contributed by atoms with E-state index < -0.39 is 0 Å². The van der Waals surface area contributed by atoms with Crippen molar-refractivity contribution in [2.45, 2.75) is 20.4 Å². The van der Waals surface area contributed by atoms with Crippen molar-refractivity contribution in [1.82, 2.24) is 5.32 Å². The van der Waals surface area contributed by atoms with Crippen molar-refractivity contribution < 1.29 is 0 Å². The molecule has 0 spiro atoms. The predicted octanol–water partition coefficient (Wildman–Crippen LogP) is 2.31. The second kappa shape index (κ2) is 5.00. The summed E-state index contributed by atoms with van der Waals surface area (Å²) >= 11 is 1.80. The Kier molecular flexibility index (Phi) is 3.94. The van der Waals surface area contributed by atoms with Gasteiger partial charge in [-0.1, -0.05) is 0 Å². The van der Waals surface area contributed by atoms with Crippen molar-refractivity contribution in [1.29, 1.82) is 5.26 Å². The zero-order valence-corrected chi connectivity index (χ0v) is 8.82. The van der Waals surface area contributed by atoms with E-state index in [0.29, 0.717) is 0 Å². The van der Waals surface area contributed by atoms with Crippen LogP contribution in [0.3, 0.4) is 0 Å². The molecule has 1 rings (SSSR count). The lowest BCUT2D eigenvalue weighted by Crippen LogP contribution is -2.19. The Morgan fingerprint density at radius 1 is 1.62 bits per heavy atom. The highest BCUT2D eigenvalue weighted by Gasteiger charge is 1.99. The largest absolute Gasteiger partial charge is 0.311 e. The lowest BCUT2D eigenvalue weighted by Gasteiger charge is -2.03. The van der Waals surface area contributed by atoms with Gasteiger partial charge in [0.2, 0.25) is 0 Å². The Balaban J connectivity index is 2.25. The summed E-state index contributed by atoms with van der Waals surface area (Å²) < 4.78 is 0. The Hall–Kier alpha value is -0.850. The number of hydrogen-bond acceptors (Lipinski definition) is 3. The van der Waals surface area contributed by atoms with Crippen LogP contribution in [0.15, 0.2) is 12.1 Å². The van der Waals surface area contributed by atoms with Gasteiger partial charge in [0.05, 0.1) is 12.0 Å². The molecule has 1 N–H and O–H groups in total. The second-order valence-electron chi connectivity index (χ2n) is 3.17. The van der Waals surface area contributed by atoms with E-state index in [9.17, 15) is 0 Å². The van der Waals surface area contributed by atoms with Crippen molar-refractivity contribution >= 4 is 11.3 Å². The molecule has 0 saturated carbocycles. The van der Waals surface area contributed by atoms with E-state index >= 15 is 0 Å². The monoisotopic (exact) mass is 194 g/mol. The van der Waals surface area contributed by atoms with E-state index in [-0.39, 0.29) is 5.92 Å². The average Bonchev–Trinajstić information content (AvgIpc) is 2.51. The molecule has 0 aliphatic heterocycles. The first-order valence-electron chi connectivity index (χ1n) is 4.38. The summed E-state index contributed by atoms with van der Waals surface area (Å²) in [6, 6.07) is 6.45. The molecule has 0 aliphatic carbocycles. The first kappa shape index (κ1) is 10.2. The summed E-state index contributed by atoms with van der Waals surface area (Å²) in [7, 11) is 0. The van der Waals surface area contributed by atoms with E-state index in [2.05, 4.69) is 30.4 Å². The summed E-state index contributed by atoms with van der Waals surface area (Å²) in [6.07, 6.45) is 0. The highest BCUT2D eigenvalue weighted by Crippen LogP contribution is 2.14. The van der Waals surface area contributed by atoms with E-state index in [1.807, 2.05) is 6.92 Å². The molecule has 0 amide bonds. The number of hydrogen-bond donors (Lipinski definition) is 1. The van der Waals surface area contributed by atoms with E-state index in [1.54, 1.807) is 11.3 Å². The highest BCUT2D eigenvalue weighted by molar-refractivity contribution is 7.11. The molecule has 1 aromatic heterocycles. The van der Waals surface area contributed by atoms with Gasteiger partial charge in [-0.2, -0.15) is 5.26 Å². The van der Waals surface area contributed by atoms with Crippen molar-refractivity contribution in [2.24, 2.45) is 5.92 Å². The Morgan fingerprint density at radius 2 is 2.38 bits per heavy atom. The Bertz CT molecular complexity index is 298. The summed E-state index contributed by atoms with van der Waals surface area (Å²) in [5, 5.41) is 11.8. The normalized spacial score (nSPS) is 12.4. The maximum atomic E-state index is 8.55. The van der Waals surface area contributed by atoms with Crippen LogP contribution in [0, 0.1) is 24.2 Å².